The number of thioether (sulfide) groups is 1. The molecule has 0 fully saturated rings. The number of hydrogen-bond acceptors (Lipinski definition) is 3. The number of nitrogens with one attached hydrogen (secondary N) is 1. The van der Waals surface area contributed by atoms with E-state index in [9.17, 15) is 9.59 Å². The van der Waals surface area contributed by atoms with Gasteiger partial charge < -0.3 is 15.0 Å². The molecule has 1 heterocycles. The van der Waals surface area contributed by atoms with Gasteiger partial charge in [0.1, 0.15) is 12.6 Å². The van der Waals surface area contributed by atoms with Crippen molar-refractivity contribution in [3.05, 3.63) is 35.5 Å². The van der Waals surface area contributed by atoms with Crippen molar-refractivity contribution in [1.29, 1.82) is 0 Å². The Labute approximate surface area is 137 Å². The Morgan fingerprint density at radius 2 is 2.18 bits per heavy atom. The van der Waals surface area contributed by atoms with Crippen LogP contribution in [-0.2, 0) is 16.1 Å². The summed E-state index contributed by atoms with van der Waals surface area (Å²) < 4.78 is 1.75. The number of fused-ring (bicyclic) bond motifs is 1. The Hall–Kier alpha value is -1.66. The smallest absolute Gasteiger partial charge is 0.326 e. The van der Waals surface area contributed by atoms with Crippen molar-refractivity contribution in [2.24, 2.45) is 0 Å². The summed E-state index contributed by atoms with van der Waals surface area (Å²) >= 11 is 7.64. The molecule has 2 aromatic rings. The lowest BCUT2D eigenvalue weighted by atomic mass is 10.2. The Morgan fingerprint density at radius 1 is 1.41 bits per heavy atom. The van der Waals surface area contributed by atoms with Gasteiger partial charge in [0.15, 0.2) is 0 Å². The molecule has 0 saturated carbocycles. The Morgan fingerprint density at radius 3 is 2.86 bits per heavy atom. The van der Waals surface area contributed by atoms with Gasteiger partial charge in [0.25, 0.3) is 0 Å². The van der Waals surface area contributed by atoms with Crippen LogP contribution in [0, 0.1) is 0 Å². The summed E-state index contributed by atoms with van der Waals surface area (Å²) in [7, 11) is 0. The van der Waals surface area contributed by atoms with Crippen LogP contribution in [0.1, 0.15) is 6.42 Å². The first-order valence-electron chi connectivity index (χ1n) is 6.77. The maximum atomic E-state index is 12.1. The zero-order valence-corrected chi connectivity index (χ0v) is 13.7. The summed E-state index contributed by atoms with van der Waals surface area (Å²) in [4.78, 5) is 23.2. The third kappa shape index (κ3) is 3.96. The molecule has 1 atom stereocenters. The van der Waals surface area contributed by atoms with E-state index in [1.165, 1.54) is 0 Å². The van der Waals surface area contributed by atoms with Crippen molar-refractivity contribution in [3.63, 3.8) is 0 Å². The highest BCUT2D eigenvalue weighted by Gasteiger charge is 2.19. The minimum atomic E-state index is -1.01. The van der Waals surface area contributed by atoms with Crippen LogP contribution in [0.5, 0.6) is 0 Å². The van der Waals surface area contributed by atoms with Gasteiger partial charge in [-0.05, 0) is 36.6 Å². The molecule has 1 amide bonds. The van der Waals surface area contributed by atoms with Gasteiger partial charge in [0.05, 0.1) is 0 Å². The van der Waals surface area contributed by atoms with E-state index in [-0.39, 0.29) is 12.5 Å². The molecule has 22 heavy (non-hydrogen) atoms. The van der Waals surface area contributed by atoms with Gasteiger partial charge >= 0.3 is 5.97 Å². The molecular formula is C15H17ClN2O3S. The summed E-state index contributed by atoms with van der Waals surface area (Å²) in [6, 6.07) is 6.46. The quantitative estimate of drug-likeness (QED) is 0.812. The molecule has 0 spiro atoms. The number of rotatable bonds is 7. The first kappa shape index (κ1) is 16.7. The highest BCUT2D eigenvalue weighted by molar-refractivity contribution is 7.98. The third-order valence-electron chi connectivity index (χ3n) is 3.32. The number of halogens is 1. The van der Waals surface area contributed by atoms with Crippen LogP contribution >= 0.6 is 23.4 Å². The average Bonchev–Trinajstić information content (AvgIpc) is 2.88. The van der Waals surface area contributed by atoms with Crippen LogP contribution in [0.25, 0.3) is 10.9 Å². The second-order valence-electron chi connectivity index (χ2n) is 4.86. The molecule has 1 aromatic carbocycles. The predicted octanol–water partition coefficient (Wildman–Crippen LogP) is 2.62. The van der Waals surface area contributed by atoms with E-state index in [1.54, 1.807) is 28.6 Å². The minimum absolute atomic E-state index is 0.0624. The number of carboxylic acid groups (broad SMARTS) is 1. The topological polar surface area (TPSA) is 71.3 Å². The molecule has 0 aliphatic carbocycles. The zero-order valence-electron chi connectivity index (χ0n) is 12.1. The minimum Gasteiger partial charge on any atom is -0.480 e. The van der Waals surface area contributed by atoms with E-state index >= 15 is 0 Å². The van der Waals surface area contributed by atoms with Gasteiger partial charge in [-0.25, -0.2) is 4.79 Å². The van der Waals surface area contributed by atoms with E-state index in [0.717, 1.165) is 10.9 Å². The Balaban J connectivity index is 2.07. The van der Waals surface area contributed by atoms with Gasteiger partial charge in [0.2, 0.25) is 5.91 Å². The SMILES string of the molecule is CSCC[C@@H](NC(=O)Cn1ccc2c(Cl)cccc21)C(=O)O. The summed E-state index contributed by atoms with van der Waals surface area (Å²) in [5, 5.41) is 13.2. The van der Waals surface area contributed by atoms with Crippen LogP contribution in [0.4, 0.5) is 0 Å². The van der Waals surface area contributed by atoms with Gasteiger partial charge in [-0.1, -0.05) is 17.7 Å². The van der Waals surface area contributed by atoms with Crippen LogP contribution in [0.2, 0.25) is 5.02 Å². The molecule has 0 aliphatic rings. The number of carbonyl (C=O) groups excluding carboxylic acids is 1. The third-order valence-corrected chi connectivity index (χ3v) is 4.29. The molecule has 0 radical (unpaired) electrons. The predicted molar refractivity (Wildman–Crippen MR) is 89.5 cm³/mol. The van der Waals surface area contributed by atoms with E-state index < -0.39 is 12.0 Å². The zero-order chi connectivity index (χ0) is 16.1. The fourth-order valence-corrected chi connectivity index (χ4v) is 2.92. The number of nitrogens with zero attached hydrogens (tertiary/aromatic N) is 1. The number of aromatic nitrogens is 1. The first-order chi connectivity index (χ1) is 10.5. The number of carbonyl (C=O) groups is 2. The molecule has 1 aromatic heterocycles. The maximum Gasteiger partial charge on any atom is 0.326 e. The molecule has 7 heteroatoms. The van der Waals surface area contributed by atoms with Crippen molar-refractivity contribution in [2.75, 3.05) is 12.0 Å². The lowest BCUT2D eigenvalue weighted by Gasteiger charge is -2.14. The molecule has 0 saturated heterocycles. The standard InChI is InChI=1S/C15H17ClN2O3S/c1-22-8-6-12(15(20)21)17-14(19)9-18-7-5-10-11(16)3-2-4-13(10)18/h2-5,7,12H,6,8-9H2,1H3,(H,17,19)(H,20,21)/t12-/m1/s1. The van der Waals surface area contributed by atoms with Gasteiger partial charge in [0, 0.05) is 22.1 Å². The molecule has 0 aliphatic heterocycles. The fraction of sp³-hybridized carbons (Fsp3) is 0.333. The van der Waals surface area contributed by atoms with E-state index in [2.05, 4.69) is 5.32 Å². The van der Waals surface area contributed by atoms with E-state index in [1.807, 2.05) is 24.5 Å². The molecule has 2 N–H and O–H groups in total. The monoisotopic (exact) mass is 340 g/mol. The normalized spacial score (nSPS) is 12.3. The lowest BCUT2D eigenvalue weighted by Crippen LogP contribution is -2.42. The number of carboxylic acids is 1. The number of benzene rings is 1. The van der Waals surface area contributed by atoms with Crippen LogP contribution in [0.3, 0.4) is 0 Å². The number of hydrogen-bond donors (Lipinski definition) is 2. The number of amides is 1. The second-order valence-corrected chi connectivity index (χ2v) is 6.25. The van der Waals surface area contributed by atoms with Gasteiger partial charge in [-0.2, -0.15) is 11.8 Å². The van der Waals surface area contributed by atoms with Crippen molar-refractivity contribution in [2.45, 2.75) is 19.0 Å². The second kappa shape index (κ2) is 7.56. The molecular weight excluding hydrogens is 324 g/mol. The molecule has 118 valence electrons. The molecule has 5 nitrogen and oxygen atoms in total. The summed E-state index contributed by atoms with van der Waals surface area (Å²) in [5.74, 6) is -0.659. The molecule has 0 unspecified atom stereocenters. The Kier molecular flexibility index (Phi) is 5.74. The summed E-state index contributed by atoms with van der Waals surface area (Å²) in [5.41, 5.74) is 0.846. The van der Waals surface area contributed by atoms with Crippen LogP contribution in [0.15, 0.2) is 30.5 Å². The van der Waals surface area contributed by atoms with Gasteiger partial charge in [-0.15, -0.1) is 0 Å². The van der Waals surface area contributed by atoms with Crippen LogP contribution in [-0.4, -0.2) is 39.6 Å². The van der Waals surface area contributed by atoms with Crippen LogP contribution < -0.4 is 5.32 Å². The number of aliphatic carboxylic acids is 1. The maximum absolute atomic E-state index is 12.1. The lowest BCUT2D eigenvalue weighted by molar-refractivity contribution is -0.141. The largest absolute Gasteiger partial charge is 0.480 e. The Bertz CT molecular complexity index is 686. The van der Waals surface area contributed by atoms with E-state index in [0.29, 0.717) is 17.2 Å². The van der Waals surface area contributed by atoms with Gasteiger partial charge in [-0.3, -0.25) is 4.79 Å². The highest BCUT2D eigenvalue weighted by Crippen LogP contribution is 2.24. The summed E-state index contributed by atoms with van der Waals surface area (Å²) in [6.45, 7) is 0.0624. The average molecular weight is 341 g/mol. The van der Waals surface area contributed by atoms with Crippen molar-refractivity contribution in [3.8, 4) is 0 Å². The molecule has 2 rings (SSSR count). The fourth-order valence-electron chi connectivity index (χ4n) is 2.21. The van der Waals surface area contributed by atoms with Crippen molar-refractivity contribution in [1.82, 2.24) is 9.88 Å². The highest BCUT2D eigenvalue weighted by atomic mass is 35.5. The summed E-state index contributed by atoms with van der Waals surface area (Å²) in [6.07, 6.45) is 4.07. The van der Waals surface area contributed by atoms with Crippen molar-refractivity contribution < 1.29 is 14.7 Å². The van der Waals surface area contributed by atoms with Crippen molar-refractivity contribution >= 4 is 46.1 Å². The first-order valence-corrected chi connectivity index (χ1v) is 8.54. The van der Waals surface area contributed by atoms with E-state index in [4.69, 9.17) is 16.7 Å². The molecule has 0 bridgehead atoms.